The van der Waals surface area contributed by atoms with Crippen molar-refractivity contribution in [1.82, 2.24) is 10.6 Å². The van der Waals surface area contributed by atoms with Gasteiger partial charge in [0.25, 0.3) is 0 Å². The van der Waals surface area contributed by atoms with E-state index in [4.69, 9.17) is 0 Å². The molecule has 1 amide bonds. The monoisotopic (exact) mass is 344 g/mol. The molecule has 128 valence electrons. The number of carbonyl (C=O) groups excluding carboxylic acids is 1. The van der Waals surface area contributed by atoms with Crippen LogP contribution in [0.2, 0.25) is 0 Å². The van der Waals surface area contributed by atoms with Crippen LogP contribution in [0.1, 0.15) is 44.1 Å². The number of nitrogens with one attached hydrogen (secondary N) is 2. The molecule has 3 nitrogen and oxygen atoms in total. The molecule has 2 fully saturated rings. The third-order valence-electron chi connectivity index (χ3n) is 5.03. The Morgan fingerprint density at radius 3 is 2.43 bits per heavy atom. The van der Waals surface area contributed by atoms with Crippen LogP contribution < -0.4 is 10.6 Å². The number of amides is 1. The summed E-state index contributed by atoms with van der Waals surface area (Å²) >= 11 is 0. The largest absolute Gasteiger partial charge is 0.354 e. The van der Waals surface area contributed by atoms with E-state index in [2.05, 4.69) is 10.6 Å². The Bertz CT molecular complexity index is 535. The fraction of sp³-hybridized carbons (Fsp3) is 0.588. The molecule has 2 N–H and O–H groups in total. The first-order valence-electron chi connectivity index (χ1n) is 8.08. The summed E-state index contributed by atoms with van der Waals surface area (Å²) in [5.74, 6) is -1.06. The SMILES string of the molecule is Cl.O=C(NCC1(c2c(F)cccc2F)CCCC1)C1CCCN1. The van der Waals surface area contributed by atoms with Gasteiger partial charge in [-0.3, -0.25) is 4.79 Å². The molecule has 0 aromatic heterocycles. The second kappa shape index (κ2) is 7.58. The van der Waals surface area contributed by atoms with Crippen molar-refractivity contribution in [3.05, 3.63) is 35.4 Å². The zero-order valence-electron chi connectivity index (χ0n) is 13.0. The highest BCUT2D eigenvalue weighted by Gasteiger charge is 2.40. The van der Waals surface area contributed by atoms with Gasteiger partial charge in [-0.15, -0.1) is 12.4 Å². The molecule has 1 aliphatic heterocycles. The molecule has 0 bridgehead atoms. The lowest BCUT2D eigenvalue weighted by atomic mass is 9.78. The van der Waals surface area contributed by atoms with E-state index < -0.39 is 17.0 Å². The summed E-state index contributed by atoms with van der Waals surface area (Å²) in [6.07, 6.45) is 5.11. The molecular formula is C17H23ClF2N2O. The predicted molar refractivity (Wildman–Crippen MR) is 87.8 cm³/mol. The molecule has 23 heavy (non-hydrogen) atoms. The fourth-order valence-electron chi connectivity index (χ4n) is 3.86. The van der Waals surface area contributed by atoms with Gasteiger partial charge in [-0.1, -0.05) is 18.9 Å². The molecule has 6 heteroatoms. The Morgan fingerprint density at radius 2 is 1.87 bits per heavy atom. The van der Waals surface area contributed by atoms with Crippen molar-refractivity contribution in [2.45, 2.75) is 50.0 Å². The third-order valence-corrected chi connectivity index (χ3v) is 5.03. The second-order valence-electron chi connectivity index (χ2n) is 6.45. The summed E-state index contributed by atoms with van der Waals surface area (Å²) in [5, 5.41) is 6.07. The van der Waals surface area contributed by atoms with Crippen LogP contribution in [-0.2, 0) is 10.2 Å². The lowest BCUT2D eigenvalue weighted by Gasteiger charge is -2.31. The molecule has 3 rings (SSSR count). The molecule has 1 heterocycles. The van der Waals surface area contributed by atoms with E-state index in [1.165, 1.54) is 18.2 Å². The topological polar surface area (TPSA) is 41.1 Å². The zero-order valence-corrected chi connectivity index (χ0v) is 13.9. The van der Waals surface area contributed by atoms with Crippen LogP contribution in [0.4, 0.5) is 8.78 Å². The molecule has 1 aliphatic carbocycles. The minimum absolute atomic E-state index is 0. The highest BCUT2D eigenvalue weighted by Crippen LogP contribution is 2.42. The highest BCUT2D eigenvalue weighted by atomic mass is 35.5. The van der Waals surface area contributed by atoms with Gasteiger partial charge in [0.05, 0.1) is 6.04 Å². The normalized spacial score (nSPS) is 22.6. The van der Waals surface area contributed by atoms with Crippen LogP contribution in [0.15, 0.2) is 18.2 Å². The summed E-state index contributed by atoms with van der Waals surface area (Å²) in [6, 6.07) is 3.83. The van der Waals surface area contributed by atoms with Crippen LogP contribution >= 0.6 is 12.4 Å². The fourth-order valence-corrected chi connectivity index (χ4v) is 3.86. The first-order valence-corrected chi connectivity index (χ1v) is 8.08. The maximum absolute atomic E-state index is 14.2. The molecule has 1 atom stereocenters. The molecule has 1 aromatic rings. The maximum atomic E-state index is 14.2. The Balaban J connectivity index is 0.00000192. The molecular weight excluding hydrogens is 322 g/mol. The molecule has 0 spiro atoms. The number of rotatable bonds is 4. The van der Waals surface area contributed by atoms with Gasteiger partial charge in [0.15, 0.2) is 0 Å². The van der Waals surface area contributed by atoms with Gasteiger partial charge < -0.3 is 10.6 Å². The van der Waals surface area contributed by atoms with Gasteiger partial charge in [-0.2, -0.15) is 0 Å². The van der Waals surface area contributed by atoms with Crippen molar-refractivity contribution < 1.29 is 13.6 Å². The van der Waals surface area contributed by atoms with E-state index in [9.17, 15) is 13.6 Å². The summed E-state index contributed by atoms with van der Waals surface area (Å²) in [5.41, 5.74) is -0.462. The second-order valence-corrected chi connectivity index (χ2v) is 6.45. The molecule has 1 saturated carbocycles. The van der Waals surface area contributed by atoms with Gasteiger partial charge in [0, 0.05) is 17.5 Å². The Hall–Kier alpha value is -1.20. The predicted octanol–water partition coefficient (Wildman–Crippen LogP) is 3.07. The van der Waals surface area contributed by atoms with Gasteiger partial charge in [0.1, 0.15) is 11.6 Å². The summed E-state index contributed by atoms with van der Waals surface area (Å²) in [6.45, 7) is 1.16. The average Bonchev–Trinajstić information content (AvgIpc) is 3.17. The van der Waals surface area contributed by atoms with Gasteiger partial charge in [-0.25, -0.2) is 8.78 Å². The summed E-state index contributed by atoms with van der Waals surface area (Å²) < 4.78 is 28.4. The lowest BCUT2D eigenvalue weighted by Crippen LogP contribution is -2.46. The van der Waals surface area contributed by atoms with Crippen molar-refractivity contribution in [2.24, 2.45) is 0 Å². The maximum Gasteiger partial charge on any atom is 0.237 e. The van der Waals surface area contributed by atoms with Crippen molar-refractivity contribution in [1.29, 1.82) is 0 Å². The van der Waals surface area contributed by atoms with E-state index in [1.807, 2.05) is 0 Å². The quantitative estimate of drug-likeness (QED) is 0.881. The molecule has 1 unspecified atom stereocenters. The first kappa shape index (κ1) is 18.1. The third kappa shape index (κ3) is 3.66. The molecule has 0 radical (unpaired) electrons. The van der Waals surface area contributed by atoms with Crippen molar-refractivity contribution >= 4 is 18.3 Å². The zero-order chi connectivity index (χ0) is 15.6. The van der Waals surface area contributed by atoms with E-state index in [0.717, 1.165) is 32.2 Å². The average molecular weight is 345 g/mol. The van der Waals surface area contributed by atoms with E-state index in [1.54, 1.807) is 0 Å². The van der Waals surface area contributed by atoms with Crippen LogP contribution in [0.3, 0.4) is 0 Å². The van der Waals surface area contributed by atoms with Gasteiger partial charge in [-0.05, 0) is 44.4 Å². The number of benzene rings is 1. The van der Waals surface area contributed by atoms with Crippen LogP contribution in [0.25, 0.3) is 0 Å². The van der Waals surface area contributed by atoms with Crippen LogP contribution in [0, 0.1) is 11.6 Å². The Kier molecular flexibility index (Phi) is 5.98. The molecule has 2 aliphatic rings. The van der Waals surface area contributed by atoms with Gasteiger partial charge in [0.2, 0.25) is 5.91 Å². The number of hydrogen-bond donors (Lipinski definition) is 2. The lowest BCUT2D eigenvalue weighted by molar-refractivity contribution is -0.123. The van der Waals surface area contributed by atoms with E-state index in [-0.39, 0.29) is 29.9 Å². The minimum Gasteiger partial charge on any atom is -0.354 e. The van der Waals surface area contributed by atoms with Crippen molar-refractivity contribution in [3.63, 3.8) is 0 Å². The molecule has 1 aromatic carbocycles. The highest BCUT2D eigenvalue weighted by molar-refractivity contribution is 5.85. The van der Waals surface area contributed by atoms with Crippen molar-refractivity contribution in [2.75, 3.05) is 13.1 Å². The Labute approximate surface area is 141 Å². The van der Waals surface area contributed by atoms with Crippen LogP contribution in [-0.4, -0.2) is 25.0 Å². The van der Waals surface area contributed by atoms with Crippen LogP contribution in [0.5, 0.6) is 0 Å². The molecule has 1 saturated heterocycles. The Morgan fingerprint density at radius 1 is 1.22 bits per heavy atom. The summed E-state index contributed by atoms with van der Waals surface area (Å²) in [7, 11) is 0. The number of halogens is 3. The number of hydrogen-bond acceptors (Lipinski definition) is 2. The first-order chi connectivity index (χ1) is 10.6. The van der Waals surface area contributed by atoms with E-state index in [0.29, 0.717) is 19.4 Å². The minimum atomic E-state index is -0.607. The summed E-state index contributed by atoms with van der Waals surface area (Å²) in [4.78, 5) is 12.2. The van der Waals surface area contributed by atoms with Crippen molar-refractivity contribution in [3.8, 4) is 0 Å². The standard InChI is InChI=1S/C17H22F2N2O.ClH/c18-12-5-3-6-13(19)15(12)17(8-1-2-9-17)11-21-16(22)14-7-4-10-20-14;/h3,5-6,14,20H,1-2,4,7-11H2,(H,21,22);1H. The number of carbonyl (C=O) groups is 1. The van der Waals surface area contributed by atoms with Gasteiger partial charge >= 0.3 is 0 Å². The van der Waals surface area contributed by atoms with E-state index >= 15 is 0 Å². The smallest absolute Gasteiger partial charge is 0.237 e.